The van der Waals surface area contributed by atoms with Gasteiger partial charge in [-0.05, 0) is 10.1 Å². The highest BCUT2D eigenvalue weighted by Crippen LogP contribution is 1.92. The molecule has 0 radical (unpaired) electrons. The van der Waals surface area contributed by atoms with Crippen LogP contribution in [0.15, 0.2) is 0 Å². The summed E-state index contributed by atoms with van der Waals surface area (Å²) in [5.41, 5.74) is 0. The Balaban J connectivity index is 2.34. The average molecular weight is 318 g/mol. The van der Waals surface area contributed by atoms with E-state index in [0.29, 0.717) is 0 Å². The van der Waals surface area contributed by atoms with Crippen LogP contribution in [0, 0.1) is 0 Å². The van der Waals surface area contributed by atoms with Crippen LogP contribution >= 0.6 is 46.0 Å². The minimum atomic E-state index is 1.48. The van der Waals surface area contributed by atoms with Crippen LogP contribution in [-0.2, 0) is 16.5 Å². The molecule has 0 unspecified atom stereocenters. The van der Waals surface area contributed by atoms with Gasteiger partial charge in [0.1, 0.15) is 0 Å². The van der Waals surface area contributed by atoms with E-state index in [2.05, 4.69) is 16.5 Å². The molecule has 4 nitrogen and oxygen atoms in total. The molecule has 0 amide bonds. The lowest BCUT2D eigenvalue weighted by Gasteiger charge is -1.85. The Bertz CT molecular complexity index is 17.5. The summed E-state index contributed by atoms with van der Waals surface area (Å²) in [4.78, 5) is 0. The van der Waals surface area contributed by atoms with E-state index in [4.69, 9.17) is 0 Å². The Morgan fingerprint density at radius 2 is 1.17 bits per heavy atom. The Morgan fingerprint density at radius 3 is 1.33 bits per heavy atom. The van der Waals surface area contributed by atoms with Crippen molar-refractivity contribution in [3.05, 3.63) is 0 Å². The van der Waals surface area contributed by atoms with Crippen LogP contribution in [0.1, 0.15) is 0 Å². The molecule has 0 heterocycles. The van der Waals surface area contributed by atoms with Gasteiger partial charge in [0.25, 0.3) is 0 Å². The highest BCUT2D eigenvalue weighted by Gasteiger charge is 1.76. The van der Waals surface area contributed by atoms with E-state index in [-0.39, 0.29) is 0 Å². The summed E-state index contributed by atoms with van der Waals surface area (Å²) < 4.78 is 7.80. The Hall–Kier alpha value is 1.30. The lowest BCUT2D eigenvalue weighted by atomic mass is 14.4. The van der Waals surface area contributed by atoms with E-state index >= 15 is 0 Å². The van der Waals surface area contributed by atoms with Gasteiger partial charge in [-0.2, -0.15) is 0 Å². The number of hydrogen-bond donors (Lipinski definition) is 0. The van der Waals surface area contributed by atoms with Gasteiger partial charge >= 0.3 is 0 Å². The predicted octanol–water partition coefficient (Wildman–Crippen LogP) is 1.50. The first kappa shape index (κ1) is 7.30. The third kappa shape index (κ3) is 5.30. The van der Waals surface area contributed by atoms with E-state index in [9.17, 15) is 0 Å². The summed E-state index contributed by atoms with van der Waals surface area (Å²) in [6.07, 6.45) is 0. The van der Waals surface area contributed by atoms with Gasteiger partial charge < -0.3 is 0 Å². The Kier molecular flexibility index (Phi) is 7.66. The lowest BCUT2D eigenvalue weighted by molar-refractivity contribution is -0.552. The third-order valence-electron chi connectivity index (χ3n) is 0.0792. The second kappa shape index (κ2) is 6.30. The zero-order valence-corrected chi connectivity index (χ0v) is 6.70. The van der Waals surface area contributed by atoms with Gasteiger partial charge in [-0.1, -0.05) is 0 Å². The molecule has 38 valence electrons. The SMILES string of the molecule is IOOOOI. The number of halogens is 2. The van der Waals surface area contributed by atoms with E-state index in [1.165, 1.54) is 46.0 Å². The molecule has 6 heteroatoms. The minimum Gasteiger partial charge on any atom is -0.133 e. The quantitative estimate of drug-likeness (QED) is 0.342. The van der Waals surface area contributed by atoms with Crippen LogP contribution in [0.5, 0.6) is 0 Å². The highest BCUT2D eigenvalue weighted by molar-refractivity contribution is 14.1. The molecule has 0 rings (SSSR count). The minimum absolute atomic E-state index is 1.48. The van der Waals surface area contributed by atoms with Crippen molar-refractivity contribution in [1.29, 1.82) is 0 Å². The van der Waals surface area contributed by atoms with Crippen LogP contribution < -0.4 is 0 Å². The van der Waals surface area contributed by atoms with Gasteiger partial charge in [0.15, 0.2) is 46.0 Å². The molecule has 0 aromatic rings. The maximum absolute atomic E-state index is 3.90. The van der Waals surface area contributed by atoms with Crippen molar-refractivity contribution < 1.29 is 16.5 Å². The molecule has 0 saturated heterocycles. The second-order valence-electron chi connectivity index (χ2n) is 0.262. The largest absolute Gasteiger partial charge is 0.158 e. The van der Waals surface area contributed by atoms with Crippen molar-refractivity contribution in [3.63, 3.8) is 0 Å². The highest BCUT2D eigenvalue weighted by atomic mass is 127. The van der Waals surface area contributed by atoms with Crippen LogP contribution in [0.4, 0.5) is 0 Å². The van der Waals surface area contributed by atoms with Crippen molar-refractivity contribution >= 4 is 46.0 Å². The summed E-state index contributed by atoms with van der Waals surface area (Å²) in [5.74, 6) is 0. The first-order valence-corrected chi connectivity index (χ1v) is 2.57. The normalized spacial score (nSPS) is 9.00. The molecular weight excluding hydrogens is 318 g/mol. The van der Waals surface area contributed by atoms with Crippen LogP contribution in [0.2, 0.25) is 0 Å². The molecule has 6 heavy (non-hydrogen) atoms. The van der Waals surface area contributed by atoms with E-state index in [1.807, 2.05) is 0 Å². The molecule has 0 N–H and O–H groups in total. The van der Waals surface area contributed by atoms with Gasteiger partial charge in [0.05, 0.1) is 0 Å². The third-order valence-corrected chi connectivity index (χ3v) is 0.373. The maximum atomic E-state index is 3.90. The predicted molar refractivity (Wildman–Crippen MR) is 32.4 cm³/mol. The van der Waals surface area contributed by atoms with E-state index in [0.717, 1.165) is 0 Å². The zero-order chi connectivity index (χ0) is 4.83. The molecule has 0 saturated carbocycles. The molecular formula is I2O4. The lowest BCUT2D eigenvalue weighted by Crippen LogP contribution is -1.80. The first-order chi connectivity index (χ1) is 2.91. The van der Waals surface area contributed by atoms with Crippen molar-refractivity contribution in [3.8, 4) is 0 Å². The molecule has 0 spiro atoms. The van der Waals surface area contributed by atoms with Crippen molar-refractivity contribution in [2.24, 2.45) is 0 Å². The van der Waals surface area contributed by atoms with Gasteiger partial charge in [0.2, 0.25) is 0 Å². The summed E-state index contributed by atoms with van der Waals surface area (Å²) in [6.45, 7) is 0. The van der Waals surface area contributed by atoms with E-state index < -0.39 is 0 Å². The molecule has 0 aliphatic rings. The molecule has 0 aromatic carbocycles. The molecule has 0 atom stereocenters. The molecule has 0 bridgehead atoms. The molecule has 0 aliphatic heterocycles. The molecule has 0 aliphatic carbocycles. The monoisotopic (exact) mass is 318 g/mol. The smallest absolute Gasteiger partial charge is 0.133 e. The van der Waals surface area contributed by atoms with Gasteiger partial charge in [-0.3, -0.25) is 0 Å². The van der Waals surface area contributed by atoms with Crippen LogP contribution in [0.3, 0.4) is 0 Å². The number of rotatable bonds is 3. The van der Waals surface area contributed by atoms with Crippen LogP contribution in [-0.4, -0.2) is 0 Å². The van der Waals surface area contributed by atoms with Crippen molar-refractivity contribution in [1.82, 2.24) is 0 Å². The molecule has 0 fully saturated rings. The zero-order valence-electron chi connectivity index (χ0n) is 2.39. The Labute approximate surface area is 62.2 Å². The second-order valence-corrected chi connectivity index (χ2v) is 0.981. The summed E-state index contributed by atoms with van der Waals surface area (Å²) >= 11 is 2.96. The fraction of sp³-hybridized carbons (Fsp3) is 0. The van der Waals surface area contributed by atoms with Gasteiger partial charge in [0, 0.05) is 0 Å². The first-order valence-electron chi connectivity index (χ1n) is 0.809. The van der Waals surface area contributed by atoms with Gasteiger partial charge in [-0.15, -0.1) is 6.43 Å². The maximum Gasteiger partial charge on any atom is 0.158 e. The number of hydrogen-bond acceptors (Lipinski definition) is 4. The topological polar surface area (TPSA) is 36.9 Å². The average Bonchev–Trinajstić information content (AvgIpc) is 1.61. The summed E-state index contributed by atoms with van der Waals surface area (Å²) in [7, 11) is 0. The standard InChI is InChI=1S/I2O4/c1-3-5-6-4-2. The molecule has 0 aromatic heterocycles. The summed E-state index contributed by atoms with van der Waals surface area (Å²) in [6, 6.07) is 0. The fourth-order valence-corrected chi connectivity index (χ4v) is 0.141. The van der Waals surface area contributed by atoms with Crippen molar-refractivity contribution in [2.45, 2.75) is 0 Å². The van der Waals surface area contributed by atoms with Crippen LogP contribution in [0.25, 0.3) is 0 Å². The summed E-state index contributed by atoms with van der Waals surface area (Å²) in [5, 5.41) is 7.48. The van der Waals surface area contributed by atoms with Crippen molar-refractivity contribution in [2.75, 3.05) is 0 Å². The fourth-order valence-electron chi connectivity index (χ4n) is 0.0210. The van der Waals surface area contributed by atoms with E-state index in [1.54, 1.807) is 0 Å². The van der Waals surface area contributed by atoms with Gasteiger partial charge in [-0.25, -0.2) is 0 Å². The Morgan fingerprint density at radius 1 is 0.833 bits per heavy atom.